The van der Waals surface area contributed by atoms with Crippen LogP contribution in [0.3, 0.4) is 0 Å². The van der Waals surface area contributed by atoms with Crippen LogP contribution in [0.4, 0.5) is 24.5 Å². The summed E-state index contributed by atoms with van der Waals surface area (Å²) in [5, 5.41) is 19.1. The van der Waals surface area contributed by atoms with Crippen molar-refractivity contribution in [2.24, 2.45) is 0 Å². The van der Waals surface area contributed by atoms with Gasteiger partial charge in [-0.3, -0.25) is 10.1 Å². The Labute approximate surface area is 116 Å². The fourth-order valence-corrected chi connectivity index (χ4v) is 1.21. The van der Waals surface area contributed by atoms with Crippen LogP contribution < -0.4 is 0 Å². The van der Waals surface area contributed by atoms with Crippen LogP contribution in [-0.2, 0) is 10.1 Å². The summed E-state index contributed by atoms with van der Waals surface area (Å²) in [6.07, 6.45) is 0. The van der Waals surface area contributed by atoms with Crippen molar-refractivity contribution in [3.63, 3.8) is 0 Å². The third kappa shape index (κ3) is 5.32. The van der Waals surface area contributed by atoms with Crippen molar-refractivity contribution in [1.82, 2.24) is 0 Å². The third-order valence-corrected chi connectivity index (χ3v) is 2.57. The largest absolute Gasteiger partial charge is 0.741 e. The highest BCUT2D eigenvalue weighted by atomic mass is 32.2. The molecule has 0 unspecified atom stereocenters. The lowest BCUT2D eigenvalue weighted by atomic mass is 10.1. The molecule has 0 aliphatic carbocycles. The lowest BCUT2D eigenvalue weighted by Gasteiger charge is -2.08. The maximum Gasteiger partial charge on any atom is 0.485 e. The van der Waals surface area contributed by atoms with Gasteiger partial charge in [-0.1, -0.05) is 0 Å². The highest BCUT2D eigenvalue weighted by Gasteiger charge is 2.36. The van der Waals surface area contributed by atoms with E-state index in [9.17, 15) is 23.3 Å². The zero-order chi connectivity index (χ0) is 17.0. The number of aryl methyl sites for hydroxylation is 2. The minimum atomic E-state index is -6.09. The average Bonchev–Trinajstić information content (AvgIpc) is 2.25. The molecule has 0 saturated heterocycles. The second kappa shape index (κ2) is 6.46. The van der Waals surface area contributed by atoms with Crippen LogP contribution in [0.5, 0.6) is 0 Å². The molecule has 0 spiro atoms. The molecule has 0 aliphatic rings. The van der Waals surface area contributed by atoms with Crippen LogP contribution in [0.2, 0.25) is 0 Å². The molecule has 1 aromatic carbocycles. The van der Waals surface area contributed by atoms with E-state index in [1.165, 1.54) is 6.07 Å². The maximum absolute atomic E-state index is 10.7. The Morgan fingerprint density at radius 2 is 1.71 bits per heavy atom. The number of nitro benzene ring substituents is 1. The van der Waals surface area contributed by atoms with Gasteiger partial charge in [-0.25, -0.2) is 8.42 Å². The van der Waals surface area contributed by atoms with Crippen molar-refractivity contribution >= 4 is 21.5 Å². The van der Waals surface area contributed by atoms with Crippen LogP contribution >= 0.6 is 0 Å². The maximum atomic E-state index is 10.7. The Balaban J connectivity index is 0.000000433. The summed E-state index contributed by atoms with van der Waals surface area (Å²) < 4.78 is 58.9. The van der Waals surface area contributed by atoms with E-state index in [0.29, 0.717) is 5.56 Å². The molecule has 12 heteroatoms. The lowest BCUT2D eigenvalue weighted by molar-refractivity contribution is -0.383. The summed E-state index contributed by atoms with van der Waals surface area (Å²) in [6, 6.07) is 3.10. The zero-order valence-corrected chi connectivity index (χ0v) is 11.4. The first-order valence-electron chi connectivity index (χ1n) is 4.94. The van der Waals surface area contributed by atoms with Crippen molar-refractivity contribution < 1.29 is 31.1 Å². The van der Waals surface area contributed by atoms with Gasteiger partial charge in [-0.15, -0.1) is 0 Å². The zero-order valence-electron chi connectivity index (χ0n) is 10.6. The first-order valence-corrected chi connectivity index (χ1v) is 6.35. The Morgan fingerprint density at radius 1 is 1.29 bits per heavy atom. The topological polar surface area (TPSA) is 128 Å². The number of benzene rings is 1. The van der Waals surface area contributed by atoms with Crippen LogP contribution in [0.25, 0.3) is 4.98 Å². The van der Waals surface area contributed by atoms with E-state index in [1.54, 1.807) is 19.9 Å². The molecule has 21 heavy (non-hydrogen) atoms. The number of nitrogens with zero attached hydrogens (tertiary/aromatic N) is 3. The molecular formula is C9H8F3N3O5S. The summed E-state index contributed by atoms with van der Waals surface area (Å²) in [6.45, 7) is 3.41. The average molecular weight is 327 g/mol. The molecule has 116 valence electrons. The van der Waals surface area contributed by atoms with Crippen molar-refractivity contribution in [3.05, 3.63) is 38.3 Å². The highest BCUT2D eigenvalue weighted by Crippen LogP contribution is 2.31. The lowest BCUT2D eigenvalue weighted by Crippen LogP contribution is -2.21. The molecule has 0 amide bonds. The van der Waals surface area contributed by atoms with Gasteiger partial charge in [-0.05, 0) is 25.5 Å². The van der Waals surface area contributed by atoms with E-state index in [0.717, 1.165) is 5.56 Å². The quantitative estimate of drug-likeness (QED) is 0.256. The van der Waals surface area contributed by atoms with E-state index < -0.39 is 20.5 Å². The Morgan fingerprint density at radius 3 is 2.00 bits per heavy atom. The minimum absolute atomic E-state index is 0.0237. The van der Waals surface area contributed by atoms with Gasteiger partial charge in [0.2, 0.25) is 5.39 Å². The molecule has 0 aromatic heterocycles. The second-order valence-corrected chi connectivity index (χ2v) is 5.08. The Bertz CT molecular complexity index is 694. The van der Waals surface area contributed by atoms with Gasteiger partial charge < -0.3 is 4.55 Å². The number of hydrogen-bond donors (Lipinski definition) is 0. The number of alkyl halides is 3. The summed E-state index contributed by atoms with van der Waals surface area (Å²) in [4.78, 5) is 12.8. The molecule has 0 fully saturated rings. The van der Waals surface area contributed by atoms with Gasteiger partial charge in [0.15, 0.2) is 15.1 Å². The predicted molar refractivity (Wildman–Crippen MR) is 63.1 cm³/mol. The summed E-state index contributed by atoms with van der Waals surface area (Å²) in [7, 11) is -6.09. The Kier molecular flexibility index (Phi) is 5.77. The predicted octanol–water partition coefficient (Wildman–Crippen LogP) is 2.75. The van der Waals surface area contributed by atoms with E-state index >= 15 is 0 Å². The van der Waals surface area contributed by atoms with Gasteiger partial charge in [0.25, 0.3) is 0 Å². The number of hydrogen-bond acceptors (Lipinski definition) is 6. The van der Waals surface area contributed by atoms with Gasteiger partial charge >= 0.3 is 16.9 Å². The molecule has 0 N–H and O–H groups in total. The molecule has 8 nitrogen and oxygen atoms in total. The molecule has 0 heterocycles. The van der Waals surface area contributed by atoms with E-state index in [1.807, 2.05) is 0 Å². The van der Waals surface area contributed by atoms with Crippen molar-refractivity contribution in [2.75, 3.05) is 0 Å². The number of rotatable bonds is 1. The van der Waals surface area contributed by atoms with Gasteiger partial charge in [0.1, 0.15) is 0 Å². The van der Waals surface area contributed by atoms with Crippen molar-refractivity contribution in [1.29, 1.82) is 5.39 Å². The summed E-state index contributed by atoms with van der Waals surface area (Å²) >= 11 is 0. The third-order valence-electron chi connectivity index (χ3n) is 2.00. The Hall–Kier alpha value is -2.26. The molecule has 0 atom stereocenters. The van der Waals surface area contributed by atoms with E-state index in [2.05, 4.69) is 4.98 Å². The highest BCUT2D eigenvalue weighted by molar-refractivity contribution is 7.86. The van der Waals surface area contributed by atoms with E-state index in [4.69, 9.17) is 18.4 Å². The molecule has 0 bridgehead atoms. The minimum Gasteiger partial charge on any atom is -0.741 e. The molecule has 0 radical (unpaired) electrons. The normalized spacial score (nSPS) is 11.1. The van der Waals surface area contributed by atoms with E-state index in [-0.39, 0.29) is 11.4 Å². The molecule has 1 rings (SSSR count). The molecule has 0 saturated carbocycles. The molecule has 0 aliphatic heterocycles. The fourth-order valence-electron chi connectivity index (χ4n) is 1.21. The smallest absolute Gasteiger partial charge is 0.485 e. The van der Waals surface area contributed by atoms with Crippen LogP contribution in [-0.4, -0.2) is 23.4 Å². The summed E-state index contributed by atoms with van der Waals surface area (Å²) in [5.41, 5.74) is -4.42. The number of halogens is 3. The van der Waals surface area contributed by atoms with Gasteiger partial charge in [-0.2, -0.15) is 13.2 Å². The summed E-state index contributed by atoms with van der Waals surface area (Å²) in [5.74, 6) is 0. The van der Waals surface area contributed by atoms with Gasteiger partial charge in [0, 0.05) is 6.07 Å². The van der Waals surface area contributed by atoms with Crippen LogP contribution in [0.15, 0.2) is 12.1 Å². The second-order valence-electron chi connectivity index (χ2n) is 3.71. The van der Waals surface area contributed by atoms with Crippen molar-refractivity contribution in [3.8, 4) is 0 Å². The van der Waals surface area contributed by atoms with Crippen LogP contribution in [0, 0.1) is 29.4 Å². The van der Waals surface area contributed by atoms with Gasteiger partial charge in [0.05, 0.1) is 10.5 Å². The SMILES string of the molecule is Cc1cc(C)c([N+]#N)c([N+](=O)[O-])c1.O=S(=O)([O-])C(F)(F)F. The molecular weight excluding hydrogens is 319 g/mol. The first-order chi connectivity index (χ1) is 9.31. The number of diazo groups is 1. The van der Waals surface area contributed by atoms with Crippen molar-refractivity contribution in [2.45, 2.75) is 19.4 Å². The number of nitro groups is 1. The standard InChI is InChI=1S/C8H8N3O2.CHF3O3S/c1-5-3-6(2)8(10-9)7(4-5)11(12)13;2-1(3,4)8(5,6)7/h3-4H,1-2H3;(H,5,6,7)/q+1;/p-1. The monoisotopic (exact) mass is 327 g/mol. The molecule has 1 aromatic rings. The van der Waals surface area contributed by atoms with Crippen LogP contribution in [0.1, 0.15) is 11.1 Å². The first kappa shape index (κ1) is 18.7. The fraction of sp³-hybridized carbons (Fsp3) is 0.333.